The quantitative estimate of drug-likeness (QED) is 0.779. The number of amides is 2. The first-order chi connectivity index (χ1) is 12.2. The van der Waals surface area contributed by atoms with Crippen LogP contribution >= 0.6 is 0 Å². The highest BCUT2D eigenvalue weighted by Gasteiger charge is 2.27. The molecule has 1 saturated carbocycles. The van der Waals surface area contributed by atoms with Gasteiger partial charge >= 0.3 is 6.03 Å². The maximum Gasteiger partial charge on any atom is 0.315 e. The Hall–Kier alpha value is -2.40. The molecule has 4 nitrogen and oxygen atoms in total. The molecule has 1 aliphatic carbocycles. The third-order valence-electron chi connectivity index (χ3n) is 4.82. The fourth-order valence-electron chi connectivity index (χ4n) is 3.47. The van der Waals surface area contributed by atoms with Crippen LogP contribution in [-0.4, -0.2) is 17.2 Å². The normalized spacial score (nSPS) is 19.6. The van der Waals surface area contributed by atoms with Crippen LogP contribution in [0, 0.1) is 5.82 Å². The molecule has 132 valence electrons. The number of benzene rings is 2. The van der Waals surface area contributed by atoms with Crippen molar-refractivity contribution in [3.05, 3.63) is 71.0 Å². The number of rotatable bonds is 5. The first-order valence-corrected chi connectivity index (χ1v) is 8.63. The molecule has 2 aromatic rings. The molecule has 5 heteroatoms. The van der Waals surface area contributed by atoms with Crippen LogP contribution in [0.25, 0.3) is 0 Å². The number of hydrogen-bond acceptors (Lipinski definition) is 2. The molecule has 1 fully saturated rings. The third-order valence-corrected chi connectivity index (χ3v) is 4.82. The van der Waals surface area contributed by atoms with Crippen LogP contribution in [0.3, 0.4) is 0 Å². The van der Waals surface area contributed by atoms with E-state index in [1.54, 1.807) is 12.1 Å². The summed E-state index contributed by atoms with van der Waals surface area (Å²) in [4.78, 5) is 12.1. The van der Waals surface area contributed by atoms with Gasteiger partial charge in [0.15, 0.2) is 0 Å². The molecule has 2 unspecified atom stereocenters. The average molecular weight is 342 g/mol. The monoisotopic (exact) mass is 342 g/mol. The van der Waals surface area contributed by atoms with Gasteiger partial charge < -0.3 is 15.7 Å². The SMILES string of the molecule is O=C(NCc1ccccc1CO)NC1CCC(c2cccc(F)c2)C1. The van der Waals surface area contributed by atoms with Gasteiger partial charge in [0.1, 0.15) is 5.82 Å². The van der Waals surface area contributed by atoms with Gasteiger partial charge in [0.25, 0.3) is 0 Å². The summed E-state index contributed by atoms with van der Waals surface area (Å²) in [5.41, 5.74) is 2.72. The molecular weight excluding hydrogens is 319 g/mol. The maximum atomic E-state index is 13.4. The number of carbonyl (C=O) groups excluding carboxylic acids is 1. The van der Waals surface area contributed by atoms with E-state index in [1.807, 2.05) is 30.3 Å². The third kappa shape index (κ3) is 4.57. The van der Waals surface area contributed by atoms with E-state index < -0.39 is 0 Å². The van der Waals surface area contributed by atoms with Crippen molar-refractivity contribution >= 4 is 6.03 Å². The van der Waals surface area contributed by atoms with Crippen LogP contribution in [0.2, 0.25) is 0 Å². The van der Waals surface area contributed by atoms with Crippen LogP contribution in [-0.2, 0) is 13.2 Å². The maximum absolute atomic E-state index is 13.4. The first kappa shape index (κ1) is 17.4. The Bertz CT molecular complexity index is 735. The Morgan fingerprint density at radius 1 is 1.12 bits per heavy atom. The molecule has 2 amide bonds. The lowest BCUT2D eigenvalue weighted by molar-refractivity contribution is 0.236. The smallest absolute Gasteiger partial charge is 0.315 e. The minimum atomic E-state index is -0.214. The fourth-order valence-corrected chi connectivity index (χ4v) is 3.47. The molecule has 0 heterocycles. The lowest BCUT2D eigenvalue weighted by Gasteiger charge is -2.15. The van der Waals surface area contributed by atoms with Gasteiger partial charge in [-0.15, -0.1) is 0 Å². The van der Waals surface area contributed by atoms with Crippen LogP contribution in [0.1, 0.15) is 41.9 Å². The fraction of sp³-hybridized carbons (Fsp3) is 0.350. The van der Waals surface area contributed by atoms with Crippen molar-refractivity contribution < 1.29 is 14.3 Å². The topological polar surface area (TPSA) is 61.4 Å². The molecule has 25 heavy (non-hydrogen) atoms. The van der Waals surface area contributed by atoms with Gasteiger partial charge in [-0.1, -0.05) is 36.4 Å². The molecule has 2 atom stereocenters. The summed E-state index contributed by atoms with van der Waals surface area (Å²) in [7, 11) is 0. The van der Waals surface area contributed by atoms with Crippen molar-refractivity contribution in [2.24, 2.45) is 0 Å². The number of nitrogens with one attached hydrogen (secondary N) is 2. The second-order valence-corrected chi connectivity index (χ2v) is 6.52. The summed E-state index contributed by atoms with van der Waals surface area (Å²) in [5.74, 6) is 0.0744. The zero-order valence-corrected chi connectivity index (χ0v) is 14.0. The van der Waals surface area contributed by atoms with E-state index in [1.165, 1.54) is 6.07 Å². The predicted molar refractivity (Wildman–Crippen MR) is 94.5 cm³/mol. The van der Waals surface area contributed by atoms with Gasteiger partial charge in [-0.2, -0.15) is 0 Å². The van der Waals surface area contributed by atoms with E-state index in [-0.39, 0.29) is 30.4 Å². The molecule has 0 bridgehead atoms. The van der Waals surface area contributed by atoms with E-state index in [9.17, 15) is 14.3 Å². The molecule has 3 N–H and O–H groups in total. The highest BCUT2D eigenvalue weighted by Crippen LogP contribution is 2.34. The number of aliphatic hydroxyl groups is 1. The minimum absolute atomic E-state index is 0.0442. The Morgan fingerprint density at radius 2 is 1.92 bits per heavy atom. The molecule has 0 aromatic heterocycles. The van der Waals surface area contributed by atoms with Crippen molar-refractivity contribution in [3.8, 4) is 0 Å². The van der Waals surface area contributed by atoms with E-state index in [0.717, 1.165) is 36.0 Å². The van der Waals surface area contributed by atoms with Gasteiger partial charge in [0, 0.05) is 12.6 Å². The second-order valence-electron chi connectivity index (χ2n) is 6.52. The van der Waals surface area contributed by atoms with Gasteiger partial charge in [0.2, 0.25) is 0 Å². The molecule has 1 aliphatic rings. The zero-order chi connectivity index (χ0) is 17.6. The summed E-state index contributed by atoms with van der Waals surface area (Å²) in [6.07, 6.45) is 2.66. The van der Waals surface area contributed by atoms with E-state index in [2.05, 4.69) is 10.6 Å². The van der Waals surface area contributed by atoms with Gasteiger partial charge in [-0.25, -0.2) is 9.18 Å². The predicted octanol–water partition coefficient (Wildman–Crippen LogP) is 3.45. The molecule has 0 saturated heterocycles. The van der Waals surface area contributed by atoms with Crippen LogP contribution in [0.15, 0.2) is 48.5 Å². The molecule has 2 aromatic carbocycles. The summed E-state index contributed by atoms with van der Waals surface area (Å²) in [6, 6.07) is 14.1. The Balaban J connectivity index is 1.49. The second kappa shape index (κ2) is 8.12. The molecule has 3 rings (SSSR count). The van der Waals surface area contributed by atoms with E-state index >= 15 is 0 Å². The molecule has 0 spiro atoms. The largest absolute Gasteiger partial charge is 0.392 e. The van der Waals surface area contributed by atoms with Gasteiger partial charge in [-0.05, 0) is 54.0 Å². The van der Waals surface area contributed by atoms with Crippen molar-refractivity contribution in [2.45, 2.75) is 44.4 Å². The average Bonchev–Trinajstić information content (AvgIpc) is 3.08. The Morgan fingerprint density at radius 3 is 2.68 bits per heavy atom. The van der Waals surface area contributed by atoms with Crippen molar-refractivity contribution in [1.82, 2.24) is 10.6 Å². The summed E-state index contributed by atoms with van der Waals surface area (Å²) >= 11 is 0. The first-order valence-electron chi connectivity index (χ1n) is 8.63. The summed E-state index contributed by atoms with van der Waals surface area (Å²) < 4.78 is 13.4. The van der Waals surface area contributed by atoms with Crippen LogP contribution < -0.4 is 10.6 Å². The number of carbonyl (C=O) groups is 1. The van der Waals surface area contributed by atoms with Gasteiger partial charge in [-0.3, -0.25) is 0 Å². The Labute approximate surface area is 147 Å². The zero-order valence-electron chi connectivity index (χ0n) is 14.0. The van der Waals surface area contributed by atoms with Crippen LogP contribution in [0.4, 0.5) is 9.18 Å². The Kier molecular flexibility index (Phi) is 5.66. The lowest BCUT2D eigenvalue weighted by Crippen LogP contribution is -2.40. The number of halogens is 1. The van der Waals surface area contributed by atoms with Gasteiger partial charge in [0.05, 0.1) is 6.61 Å². The van der Waals surface area contributed by atoms with Crippen LogP contribution in [0.5, 0.6) is 0 Å². The van der Waals surface area contributed by atoms with Crippen molar-refractivity contribution in [3.63, 3.8) is 0 Å². The number of aliphatic hydroxyl groups excluding tert-OH is 1. The molecule has 0 radical (unpaired) electrons. The van der Waals surface area contributed by atoms with Crippen molar-refractivity contribution in [1.29, 1.82) is 0 Å². The van der Waals surface area contributed by atoms with E-state index in [0.29, 0.717) is 6.54 Å². The summed E-state index contributed by atoms with van der Waals surface area (Å²) in [5, 5.41) is 15.2. The number of hydrogen-bond donors (Lipinski definition) is 3. The number of urea groups is 1. The standard InChI is InChI=1S/C20H23FN2O2/c21-18-7-3-6-14(10-18)15-8-9-19(11-15)23-20(25)22-12-16-4-1-2-5-17(16)13-24/h1-7,10,15,19,24H,8-9,11-13H2,(H2,22,23,25). The van der Waals surface area contributed by atoms with Crippen molar-refractivity contribution in [2.75, 3.05) is 0 Å². The highest BCUT2D eigenvalue weighted by atomic mass is 19.1. The highest BCUT2D eigenvalue weighted by molar-refractivity contribution is 5.74. The minimum Gasteiger partial charge on any atom is -0.392 e. The lowest BCUT2D eigenvalue weighted by atomic mass is 9.97. The molecule has 0 aliphatic heterocycles. The van der Waals surface area contributed by atoms with E-state index in [4.69, 9.17) is 0 Å². The molecular formula is C20H23FN2O2. The summed E-state index contributed by atoms with van der Waals surface area (Å²) in [6.45, 7) is 0.333.